The predicted molar refractivity (Wildman–Crippen MR) is 105 cm³/mol. The van der Waals surface area contributed by atoms with E-state index in [9.17, 15) is 10.1 Å². The Labute approximate surface area is 159 Å². The monoisotopic (exact) mass is 355 g/mol. The minimum atomic E-state index is -0.0916. The van der Waals surface area contributed by atoms with Gasteiger partial charge in [-0.15, -0.1) is 0 Å². The highest BCUT2D eigenvalue weighted by molar-refractivity contribution is 5.96. The van der Waals surface area contributed by atoms with Gasteiger partial charge in [0.1, 0.15) is 11.8 Å². The molecule has 1 amide bonds. The number of rotatable bonds is 2. The van der Waals surface area contributed by atoms with E-state index in [1.807, 2.05) is 53.8 Å². The van der Waals surface area contributed by atoms with Gasteiger partial charge in [0.05, 0.1) is 5.56 Å². The fourth-order valence-electron chi connectivity index (χ4n) is 3.84. The molecule has 0 saturated heterocycles. The van der Waals surface area contributed by atoms with Crippen LogP contribution in [0.15, 0.2) is 54.7 Å². The van der Waals surface area contributed by atoms with Gasteiger partial charge in [0.2, 0.25) is 0 Å². The van der Waals surface area contributed by atoms with E-state index in [0.717, 1.165) is 17.7 Å². The van der Waals surface area contributed by atoms with Crippen molar-refractivity contribution < 1.29 is 4.79 Å². The average Bonchev–Trinajstić information content (AvgIpc) is 3.10. The van der Waals surface area contributed by atoms with Gasteiger partial charge >= 0.3 is 0 Å². The van der Waals surface area contributed by atoms with E-state index < -0.39 is 0 Å². The topological polar surface area (TPSA) is 49.0 Å². The highest BCUT2D eigenvalue weighted by atomic mass is 16.2. The molecule has 0 N–H and O–H groups in total. The van der Waals surface area contributed by atoms with Crippen molar-refractivity contribution in [2.24, 2.45) is 0 Å². The average molecular weight is 355 g/mol. The molecule has 27 heavy (non-hydrogen) atoms. The molecule has 0 unspecified atom stereocenters. The van der Waals surface area contributed by atoms with E-state index in [0.29, 0.717) is 24.3 Å². The zero-order valence-corrected chi connectivity index (χ0v) is 15.6. The molecule has 0 radical (unpaired) electrons. The maximum atomic E-state index is 13.4. The Hall–Kier alpha value is -3.32. The number of fused-ring (bicyclic) bond motifs is 1. The second kappa shape index (κ2) is 6.77. The highest BCUT2D eigenvalue weighted by Crippen LogP contribution is 2.25. The van der Waals surface area contributed by atoms with Crippen molar-refractivity contribution in [3.05, 3.63) is 88.2 Å². The molecule has 0 saturated carbocycles. The number of nitrogens with zero attached hydrogens (tertiary/aromatic N) is 3. The van der Waals surface area contributed by atoms with Crippen LogP contribution in [-0.2, 0) is 13.0 Å². The summed E-state index contributed by atoms with van der Waals surface area (Å²) in [5.74, 6) is -0.0916. The zero-order valence-electron chi connectivity index (χ0n) is 15.6. The number of amides is 1. The second-order valence-corrected chi connectivity index (χ2v) is 7.10. The van der Waals surface area contributed by atoms with Crippen LogP contribution < -0.4 is 0 Å². The number of hydrogen-bond donors (Lipinski definition) is 0. The van der Waals surface area contributed by atoms with Crippen molar-refractivity contribution in [2.75, 3.05) is 6.54 Å². The first-order chi connectivity index (χ1) is 13.1. The summed E-state index contributed by atoms with van der Waals surface area (Å²) >= 11 is 0. The smallest absolute Gasteiger partial charge is 0.272 e. The fraction of sp³-hybridized carbons (Fsp3) is 0.217. The van der Waals surface area contributed by atoms with Crippen LogP contribution in [0.5, 0.6) is 0 Å². The molecule has 1 aromatic heterocycles. The summed E-state index contributed by atoms with van der Waals surface area (Å²) in [6, 6.07) is 18.3. The van der Waals surface area contributed by atoms with Crippen LogP contribution in [0.2, 0.25) is 0 Å². The quantitative estimate of drug-likeness (QED) is 0.693. The van der Waals surface area contributed by atoms with E-state index in [4.69, 9.17) is 0 Å². The maximum absolute atomic E-state index is 13.4. The first-order valence-electron chi connectivity index (χ1n) is 9.13. The van der Waals surface area contributed by atoms with Crippen LogP contribution >= 0.6 is 0 Å². The first kappa shape index (κ1) is 17.1. The van der Waals surface area contributed by atoms with E-state index in [2.05, 4.69) is 24.3 Å². The zero-order chi connectivity index (χ0) is 19.0. The van der Waals surface area contributed by atoms with Crippen molar-refractivity contribution >= 4 is 5.91 Å². The molecule has 4 nitrogen and oxygen atoms in total. The van der Waals surface area contributed by atoms with Gasteiger partial charge in [-0.1, -0.05) is 42.0 Å². The molecule has 2 aromatic carbocycles. The third-order valence-electron chi connectivity index (χ3n) is 5.24. The molecule has 1 aliphatic heterocycles. The minimum absolute atomic E-state index is 0.0916. The summed E-state index contributed by atoms with van der Waals surface area (Å²) in [6.07, 6.45) is 2.66. The van der Waals surface area contributed by atoms with Crippen LogP contribution in [0, 0.1) is 25.2 Å². The number of carbonyl (C=O) groups excluding carboxylic acids is 1. The van der Waals surface area contributed by atoms with Gasteiger partial charge in [0, 0.05) is 25.0 Å². The van der Waals surface area contributed by atoms with E-state index >= 15 is 0 Å². The third kappa shape index (κ3) is 3.02. The van der Waals surface area contributed by atoms with Gasteiger partial charge in [0.25, 0.3) is 5.91 Å². The molecule has 4 rings (SSSR count). The van der Waals surface area contributed by atoms with Gasteiger partial charge in [-0.2, -0.15) is 5.26 Å². The lowest BCUT2D eigenvalue weighted by Crippen LogP contribution is -2.37. The largest absolute Gasteiger partial charge is 0.333 e. The first-order valence-corrected chi connectivity index (χ1v) is 9.13. The number of hydrogen-bond acceptors (Lipinski definition) is 2. The van der Waals surface area contributed by atoms with Crippen molar-refractivity contribution in [3.63, 3.8) is 0 Å². The molecular weight excluding hydrogens is 334 g/mol. The molecule has 0 aliphatic carbocycles. The second-order valence-electron chi connectivity index (χ2n) is 7.10. The Morgan fingerprint density at radius 3 is 2.59 bits per heavy atom. The van der Waals surface area contributed by atoms with Gasteiger partial charge in [-0.3, -0.25) is 4.79 Å². The minimum Gasteiger partial charge on any atom is -0.333 e. The number of aromatic nitrogens is 1. The standard InChI is InChI=1S/C23H21N3O/c1-16-7-8-21(17(2)13-16)26-12-10-19(14-24)22(26)23(27)25-11-9-18-5-3-4-6-20(18)15-25/h3-8,10,12-13H,9,11,15H2,1-2H3. The highest BCUT2D eigenvalue weighted by Gasteiger charge is 2.27. The summed E-state index contributed by atoms with van der Waals surface area (Å²) in [5.41, 5.74) is 6.52. The Bertz CT molecular complexity index is 1070. The molecule has 4 heteroatoms. The molecular formula is C23H21N3O. The van der Waals surface area contributed by atoms with Gasteiger partial charge < -0.3 is 9.47 Å². The lowest BCUT2D eigenvalue weighted by Gasteiger charge is -2.29. The molecule has 0 atom stereocenters. The van der Waals surface area contributed by atoms with Crippen LogP contribution in [-0.4, -0.2) is 21.9 Å². The Morgan fingerprint density at radius 2 is 1.85 bits per heavy atom. The Balaban J connectivity index is 1.75. The van der Waals surface area contributed by atoms with Crippen LogP contribution in [0.3, 0.4) is 0 Å². The normalized spacial score (nSPS) is 13.1. The molecule has 0 spiro atoms. The summed E-state index contributed by atoms with van der Waals surface area (Å²) < 4.78 is 1.86. The van der Waals surface area contributed by atoms with Crippen LogP contribution in [0.4, 0.5) is 0 Å². The van der Waals surface area contributed by atoms with Gasteiger partial charge in [-0.05, 0) is 49.1 Å². The van der Waals surface area contributed by atoms with Crippen LogP contribution in [0.25, 0.3) is 5.69 Å². The summed E-state index contributed by atoms with van der Waals surface area (Å²) in [4.78, 5) is 15.2. The number of benzene rings is 2. The number of aryl methyl sites for hydroxylation is 2. The molecule has 134 valence electrons. The van der Waals surface area contributed by atoms with E-state index in [1.165, 1.54) is 16.7 Å². The molecule has 1 aliphatic rings. The van der Waals surface area contributed by atoms with Gasteiger partial charge in [-0.25, -0.2) is 0 Å². The Kier molecular flexibility index (Phi) is 4.29. The molecule has 0 fully saturated rings. The number of carbonyl (C=O) groups is 1. The lowest BCUT2D eigenvalue weighted by molar-refractivity contribution is 0.0726. The predicted octanol–water partition coefficient (Wildman–Crippen LogP) is 4.16. The molecule has 0 bridgehead atoms. The van der Waals surface area contributed by atoms with Gasteiger partial charge in [0.15, 0.2) is 0 Å². The molecule has 2 heterocycles. The number of nitriles is 1. The summed E-state index contributed by atoms with van der Waals surface area (Å²) in [5, 5.41) is 9.56. The van der Waals surface area contributed by atoms with E-state index in [1.54, 1.807) is 6.07 Å². The van der Waals surface area contributed by atoms with Crippen molar-refractivity contribution in [1.82, 2.24) is 9.47 Å². The van der Waals surface area contributed by atoms with Crippen molar-refractivity contribution in [3.8, 4) is 11.8 Å². The van der Waals surface area contributed by atoms with Crippen molar-refractivity contribution in [1.29, 1.82) is 5.26 Å². The fourth-order valence-corrected chi connectivity index (χ4v) is 3.84. The SMILES string of the molecule is Cc1ccc(-n2ccc(C#N)c2C(=O)N2CCc3ccccc3C2)c(C)c1. The van der Waals surface area contributed by atoms with Crippen molar-refractivity contribution in [2.45, 2.75) is 26.8 Å². The Morgan fingerprint density at radius 1 is 1.07 bits per heavy atom. The summed E-state index contributed by atoms with van der Waals surface area (Å²) in [7, 11) is 0. The lowest BCUT2D eigenvalue weighted by atomic mass is 9.99. The maximum Gasteiger partial charge on any atom is 0.272 e. The summed E-state index contributed by atoms with van der Waals surface area (Å²) in [6.45, 7) is 5.32. The van der Waals surface area contributed by atoms with E-state index in [-0.39, 0.29) is 5.91 Å². The molecule has 3 aromatic rings. The third-order valence-corrected chi connectivity index (χ3v) is 5.24. The van der Waals surface area contributed by atoms with Crippen LogP contribution in [0.1, 0.15) is 38.3 Å².